The molecule has 2 aromatic heterocycles. The maximum Gasteiger partial charge on any atom is 0.0993 e. The molecule has 2 aromatic rings. The van der Waals surface area contributed by atoms with Crippen LogP contribution in [0.5, 0.6) is 0 Å². The predicted molar refractivity (Wildman–Crippen MR) is 52.6 cm³/mol. The Hall–Kier alpha value is -0.540. The van der Waals surface area contributed by atoms with E-state index in [0.29, 0.717) is 5.02 Å². The first-order valence-corrected chi connectivity index (χ1v) is 4.65. The number of nitrogens with zero attached hydrogens (tertiary/aromatic N) is 2. The topological polar surface area (TPSA) is 17.3 Å². The molecule has 0 fully saturated rings. The van der Waals surface area contributed by atoms with Gasteiger partial charge in [-0.2, -0.15) is 5.10 Å². The Kier molecular flexibility index (Phi) is 1.85. The molecule has 0 saturated heterocycles. The average Bonchev–Trinajstić information content (AvgIpc) is 2.42. The summed E-state index contributed by atoms with van der Waals surface area (Å²) in [6.45, 7) is 1.99. The summed E-state index contributed by atoms with van der Waals surface area (Å²) in [7, 11) is 0. The van der Waals surface area contributed by atoms with Crippen molar-refractivity contribution in [3.8, 4) is 0 Å². The number of halogens is 2. The van der Waals surface area contributed by atoms with Gasteiger partial charge in [-0.3, -0.25) is 0 Å². The van der Waals surface area contributed by atoms with E-state index in [-0.39, 0.29) is 0 Å². The lowest BCUT2D eigenvalue weighted by Crippen LogP contribution is -1.92. The zero-order valence-corrected chi connectivity index (χ0v) is 8.72. The molecular weight excluding hydrogens is 239 g/mol. The van der Waals surface area contributed by atoms with E-state index in [1.807, 2.05) is 23.6 Å². The van der Waals surface area contributed by atoms with Crippen molar-refractivity contribution >= 4 is 33.0 Å². The second-order valence-electron chi connectivity index (χ2n) is 2.58. The third-order valence-electron chi connectivity index (χ3n) is 1.76. The van der Waals surface area contributed by atoms with Gasteiger partial charge in [-0.15, -0.1) is 0 Å². The van der Waals surface area contributed by atoms with Gasteiger partial charge in [0.05, 0.1) is 21.2 Å². The van der Waals surface area contributed by atoms with Crippen molar-refractivity contribution in [1.29, 1.82) is 0 Å². The van der Waals surface area contributed by atoms with Gasteiger partial charge in [0, 0.05) is 5.69 Å². The molecule has 0 N–H and O–H groups in total. The third kappa shape index (κ3) is 1.04. The first kappa shape index (κ1) is 8.08. The van der Waals surface area contributed by atoms with Crippen LogP contribution in [0.3, 0.4) is 0 Å². The monoisotopic (exact) mass is 244 g/mol. The van der Waals surface area contributed by atoms with Crippen LogP contribution in [0.2, 0.25) is 5.02 Å². The van der Waals surface area contributed by atoms with Gasteiger partial charge in [-0.1, -0.05) is 11.6 Å². The molecule has 2 nitrogen and oxygen atoms in total. The van der Waals surface area contributed by atoms with Crippen molar-refractivity contribution in [3.63, 3.8) is 0 Å². The van der Waals surface area contributed by atoms with Gasteiger partial charge >= 0.3 is 0 Å². The van der Waals surface area contributed by atoms with Gasteiger partial charge in [0.25, 0.3) is 0 Å². The molecule has 0 saturated carbocycles. The fourth-order valence-electron chi connectivity index (χ4n) is 1.15. The van der Waals surface area contributed by atoms with E-state index >= 15 is 0 Å². The Morgan fingerprint density at radius 3 is 2.92 bits per heavy atom. The molecule has 0 aromatic carbocycles. The molecule has 0 aliphatic heterocycles. The summed E-state index contributed by atoms with van der Waals surface area (Å²) in [5, 5.41) is 4.88. The average molecular weight is 246 g/mol. The lowest BCUT2D eigenvalue weighted by atomic mass is 10.3. The molecular formula is C8H6BrClN2. The highest BCUT2D eigenvalue weighted by Crippen LogP contribution is 2.25. The zero-order valence-electron chi connectivity index (χ0n) is 6.38. The lowest BCUT2D eigenvalue weighted by Gasteiger charge is -1.99. The lowest BCUT2D eigenvalue weighted by molar-refractivity contribution is 0.915. The van der Waals surface area contributed by atoms with Crippen LogP contribution in [0, 0.1) is 6.92 Å². The van der Waals surface area contributed by atoms with E-state index in [1.165, 1.54) is 0 Å². The van der Waals surface area contributed by atoms with Crippen LogP contribution in [0.15, 0.2) is 22.8 Å². The molecule has 0 aliphatic rings. The van der Waals surface area contributed by atoms with E-state index in [1.54, 1.807) is 6.20 Å². The van der Waals surface area contributed by atoms with Crippen LogP contribution in [-0.2, 0) is 0 Å². The molecule has 0 bridgehead atoms. The van der Waals surface area contributed by atoms with E-state index in [9.17, 15) is 0 Å². The second-order valence-corrected chi connectivity index (χ2v) is 3.84. The Balaban J connectivity index is 2.98. The molecule has 2 rings (SSSR count). The van der Waals surface area contributed by atoms with Crippen LogP contribution in [0.1, 0.15) is 5.69 Å². The van der Waals surface area contributed by atoms with E-state index in [0.717, 1.165) is 15.7 Å². The summed E-state index contributed by atoms with van der Waals surface area (Å²) in [6.07, 6.45) is 1.74. The van der Waals surface area contributed by atoms with Gasteiger partial charge in [0.1, 0.15) is 0 Å². The zero-order chi connectivity index (χ0) is 8.72. The number of rotatable bonds is 0. The molecule has 4 heteroatoms. The van der Waals surface area contributed by atoms with Gasteiger partial charge in [0.2, 0.25) is 0 Å². The molecule has 0 radical (unpaired) electrons. The molecule has 62 valence electrons. The van der Waals surface area contributed by atoms with Gasteiger partial charge in [0.15, 0.2) is 0 Å². The predicted octanol–water partition coefficient (Wildman–Crippen LogP) is 3.06. The fourth-order valence-corrected chi connectivity index (χ4v) is 1.99. The molecule has 0 amide bonds. The summed E-state index contributed by atoms with van der Waals surface area (Å²) in [5.74, 6) is 0. The Bertz CT molecular complexity index is 436. The van der Waals surface area contributed by atoms with Gasteiger partial charge in [-0.25, -0.2) is 4.52 Å². The van der Waals surface area contributed by atoms with Crippen molar-refractivity contribution in [2.24, 2.45) is 0 Å². The fraction of sp³-hybridized carbons (Fsp3) is 0.125. The van der Waals surface area contributed by atoms with Crippen molar-refractivity contribution in [3.05, 3.63) is 33.5 Å². The van der Waals surface area contributed by atoms with Gasteiger partial charge < -0.3 is 0 Å². The third-order valence-corrected chi connectivity index (χ3v) is 2.64. The van der Waals surface area contributed by atoms with Crippen molar-refractivity contribution in [2.45, 2.75) is 6.92 Å². The van der Waals surface area contributed by atoms with Crippen molar-refractivity contribution < 1.29 is 0 Å². The highest BCUT2D eigenvalue weighted by Gasteiger charge is 2.06. The summed E-state index contributed by atoms with van der Waals surface area (Å²) < 4.78 is 2.74. The maximum absolute atomic E-state index is 5.98. The summed E-state index contributed by atoms with van der Waals surface area (Å²) in [6, 6.07) is 3.81. The summed E-state index contributed by atoms with van der Waals surface area (Å²) >= 11 is 9.37. The van der Waals surface area contributed by atoms with Crippen LogP contribution in [-0.4, -0.2) is 9.61 Å². The van der Waals surface area contributed by atoms with Gasteiger partial charge in [-0.05, 0) is 35.0 Å². The Morgan fingerprint density at radius 1 is 1.50 bits per heavy atom. The van der Waals surface area contributed by atoms with Crippen molar-refractivity contribution in [2.75, 3.05) is 0 Å². The van der Waals surface area contributed by atoms with E-state index in [4.69, 9.17) is 11.6 Å². The number of aromatic nitrogens is 2. The van der Waals surface area contributed by atoms with Crippen LogP contribution in [0.25, 0.3) is 5.52 Å². The minimum absolute atomic E-state index is 0.713. The molecule has 12 heavy (non-hydrogen) atoms. The first-order chi connectivity index (χ1) is 5.70. The number of hydrogen-bond donors (Lipinski definition) is 0. The van der Waals surface area contributed by atoms with Crippen LogP contribution >= 0.6 is 27.5 Å². The summed E-state index contributed by atoms with van der Waals surface area (Å²) in [5.41, 5.74) is 2.00. The Labute approximate surface area is 83.3 Å². The minimum atomic E-state index is 0.713. The second kappa shape index (κ2) is 2.75. The van der Waals surface area contributed by atoms with Crippen LogP contribution in [0.4, 0.5) is 0 Å². The maximum atomic E-state index is 5.98. The molecule has 0 atom stereocenters. The molecule has 0 unspecified atom stereocenters. The number of pyridine rings is 1. The SMILES string of the molecule is Cc1ccc(Cl)c2c(Br)cnn12. The normalized spacial score (nSPS) is 10.9. The van der Waals surface area contributed by atoms with E-state index < -0.39 is 0 Å². The first-order valence-electron chi connectivity index (χ1n) is 3.48. The van der Waals surface area contributed by atoms with E-state index in [2.05, 4.69) is 21.0 Å². The molecule has 0 spiro atoms. The highest BCUT2D eigenvalue weighted by molar-refractivity contribution is 9.10. The largest absolute Gasteiger partial charge is 0.235 e. The van der Waals surface area contributed by atoms with Crippen molar-refractivity contribution in [1.82, 2.24) is 9.61 Å². The smallest absolute Gasteiger partial charge is 0.0993 e. The molecule has 0 aliphatic carbocycles. The number of fused-ring (bicyclic) bond motifs is 1. The highest BCUT2D eigenvalue weighted by atomic mass is 79.9. The number of aryl methyl sites for hydroxylation is 1. The summed E-state index contributed by atoms with van der Waals surface area (Å²) in [4.78, 5) is 0. The standard InChI is InChI=1S/C8H6BrClN2/c1-5-2-3-7(10)8-6(9)4-11-12(5)8/h2-4H,1H3. The minimum Gasteiger partial charge on any atom is -0.235 e. The quantitative estimate of drug-likeness (QED) is 0.697. The Morgan fingerprint density at radius 2 is 2.25 bits per heavy atom. The van der Waals surface area contributed by atoms with Crippen LogP contribution < -0.4 is 0 Å². The number of hydrogen-bond acceptors (Lipinski definition) is 1. The molecule has 2 heterocycles.